The third-order valence-electron chi connectivity index (χ3n) is 5.04. The average Bonchev–Trinajstić information content (AvgIpc) is 2.78. The van der Waals surface area contributed by atoms with Gasteiger partial charge >= 0.3 is 0 Å². The summed E-state index contributed by atoms with van der Waals surface area (Å²) in [7, 11) is 0. The molecule has 0 saturated heterocycles. The zero-order valence-electron chi connectivity index (χ0n) is 17.3. The summed E-state index contributed by atoms with van der Waals surface area (Å²) < 4.78 is 5.96. The number of hydrogen-bond donors (Lipinski definition) is 0. The topological polar surface area (TPSA) is 9.23 Å². The lowest BCUT2D eigenvalue weighted by atomic mass is 10.0. The van der Waals surface area contributed by atoms with E-state index in [9.17, 15) is 0 Å². The van der Waals surface area contributed by atoms with Crippen LogP contribution in [0.1, 0.15) is 36.5 Å². The quantitative estimate of drug-likeness (QED) is 0.329. The molecule has 3 aromatic carbocycles. The van der Waals surface area contributed by atoms with Crippen LogP contribution in [-0.4, -0.2) is 0 Å². The molecular weight excluding hydrogens is 352 g/mol. The maximum atomic E-state index is 5.96. The van der Waals surface area contributed by atoms with Crippen molar-refractivity contribution in [1.29, 1.82) is 0 Å². The molecule has 1 heteroatoms. The first-order valence-corrected chi connectivity index (χ1v) is 10.4. The van der Waals surface area contributed by atoms with Crippen molar-refractivity contribution in [1.82, 2.24) is 0 Å². The summed E-state index contributed by atoms with van der Waals surface area (Å²) in [5.74, 6) is 0.897. The third-order valence-corrected chi connectivity index (χ3v) is 5.04. The van der Waals surface area contributed by atoms with Crippen molar-refractivity contribution >= 4 is 0 Å². The van der Waals surface area contributed by atoms with Crippen LogP contribution in [0.15, 0.2) is 97.6 Å². The molecular formula is C28H30O. The van der Waals surface area contributed by atoms with Crippen LogP contribution in [0.3, 0.4) is 0 Å². The largest absolute Gasteiger partial charge is 0.489 e. The SMILES string of the molecule is C=CCCc1ccc(-c2ccc(OCc3ccc(CC/C=C/C)cc3)cc2)cc1. The Morgan fingerprint density at radius 1 is 0.690 bits per heavy atom. The summed E-state index contributed by atoms with van der Waals surface area (Å²) in [6, 6.07) is 25.8. The van der Waals surface area contributed by atoms with Crippen molar-refractivity contribution in [2.24, 2.45) is 0 Å². The highest BCUT2D eigenvalue weighted by atomic mass is 16.5. The van der Waals surface area contributed by atoms with Crippen molar-refractivity contribution in [2.75, 3.05) is 0 Å². The highest BCUT2D eigenvalue weighted by Gasteiger charge is 2.01. The van der Waals surface area contributed by atoms with Crippen molar-refractivity contribution in [3.8, 4) is 16.9 Å². The molecule has 0 aliphatic rings. The molecule has 0 N–H and O–H groups in total. The monoisotopic (exact) mass is 382 g/mol. The van der Waals surface area contributed by atoms with Gasteiger partial charge in [-0.05, 0) is 72.6 Å². The van der Waals surface area contributed by atoms with Crippen molar-refractivity contribution < 1.29 is 4.74 Å². The molecule has 3 rings (SSSR count). The lowest BCUT2D eigenvalue weighted by Crippen LogP contribution is -1.96. The summed E-state index contributed by atoms with van der Waals surface area (Å²) in [6.45, 7) is 6.44. The van der Waals surface area contributed by atoms with Crippen molar-refractivity contribution in [3.05, 3.63) is 114 Å². The van der Waals surface area contributed by atoms with Crippen molar-refractivity contribution in [2.45, 2.75) is 39.2 Å². The lowest BCUT2D eigenvalue weighted by Gasteiger charge is -2.09. The van der Waals surface area contributed by atoms with Crippen LogP contribution in [0.4, 0.5) is 0 Å². The fourth-order valence-electron chi connectivity index (χ4n) is 3.26. The molecule has 0 saturated carbocycles. The Labute approximate surface area is 175 Å². The zero-order chi connectivity index (χ0) is 20.3. The zero-order valence-corrected chi connectivity index (χ0v) is 17.3. The van der Waals surface area contributed by atoms with Gasteiger partial charge in [0.15, 0.2) is 0 Å². The molecule has 0 atom stereocenters. The summed E-state index contributed by atoms with van der Waals surface area (Å²) in [6.07, 6.45) is 10.5. The molecule has 0 amide bonds. The Balaban J connectivity index is 1.53. The van der Waals surface area contributed by atoms with Gasteiger partial charge in [0.05, 0.1) is 0 Å². The number of ether oxygens (including phenoxy) is 1. The molecule has 0 fully saturated rings. The fourth-order valence-corrected chi connectivity index (χ4v) is 3.26. The summed E-state index contributed by atoms with van der Waals surface area (Å²) in [5, 5.41) is 0. The maximum absolute atomic E-state index is 5.96. The molecule has 3 aromatic rings. The van der Waals surface area contributed by atoms with Crippen LogP contribution in [0.5, 0.6) is 5.75 Å². The smallest absolute Gasteiger partial charge is 0.119 e. The Hall–Kier alpha value is -3.06. The van der Waals surface area contributed by atoms with Gasteiger partial charge in [-0.15, -0.1) is 6.58 Å². The number of aryl methyl sites for hydroxylation is 2. The van der Waals surface area contributed by atoms with E-state index in [1.165, 1.54) is 27.8 Å². The number of rotatable bonds is 10. The predicted molar refractivity (Wildman–Crippen MR) is 124 cm³/mol. The second-order valence-electron chi connectivity index (χ2n) is 7.26. The van der Waals surface area contributed by atoms with Gasteiger partial charge in [0.1, 0.15) is 12.4 Å². The predicted octanol–water partition coefficient (Wildman–Crippen LogP) is 7.56. The van der Waals surface area contributed by atoms with Crippen LogP contribution in [-0.2, 0) is 19.4 Å². The standard InChI is InChI=1S/C28H30O/c1-3-5-7-9-24-10-12-25(13-11-24)22-29-28-20-18-27(19-21-28)26-16-14-23(15-17-26)8-6-4-2/h3-5,10-21H,2,6-9,22H2,1H3/b5-3+. The van der Waals surface area contributed by atoms with Crippen LogP contribution in [0, 0.1) is 0 Å². The summed E-state index contributed by atoms with van der Waals surface area (Å²) in [4.78, 5) is 0. The molecule has 0 spiro atoms. The molecule has 0 aromatic heterocycles. The number of hydrogen-bond acceptors (Lipinski definition) is 1. The fraction of sp³-hybridized carbons (Fsp3) is 0.214. The van der Waals surface area contributed by atoms with Crippen LogP contribution in [0.2, 0.25) is 0 Å². The Bertz CT molecular complexity index is 900. The minimum atomic E-state index is 0.590. The lowest BCUT2D eigenvalue weighted by molar-refractivity contribution is 0.306. The van der Waals surface area contributed by atoms with Gasteiger partial charge in [-0.3, -0.25) is 0 Å². The minimum absolute atomic E-state index is 0.590. The van der Waals surface area contributed by atoms with Crippen LogP contribution in [0.25, 0.3) is 11.1 Å². The van der Waals surface area contributed by atoms with E-state index in [-0.39, 0.29) is 0 Å². The Morgan fingerprint density at radius 2 is 1.21 bits per heavy atom. The molecule has 0 radical (unpaired) electrons. The Morgan fingerprint density at radius 3 is 1.79 bits per heavy atom. The molecule has 0 aliphatic heterocycles. The maximum Gasteiger partial charge on any atom is 0.119 e. The van der Waals surface area contributed by atoms with Gasteiger partial charge < -0.3 is 4.74 Å². The van der Waals surface area contributed by atoms with E-state index < -0.39 is 0 Å². The summed E-state index contributed by atoms with van der Waals surface area (Å²) in [5.41, 5.74) is 6.35. The molecule has 0 bridgehead atoms. The average molecular weight is 383 g/mol. The molecule has 0 unspecified atom stereocenters. The van der Waals surface area contributed by atoms with E-state index in [1.54, 1.807) is 0 Å². The van der Waals surface area contributed by atoms with E-state index in [1.807, 2.05) is 18.2 Å². The molecule has 148 valence electrons. The second-order valence-corrected chi connectivity index (χ2v) is 7.26. The van der Waals surface area contributed by atoms with Crippen LogP contribution < -0.4 is 4.74 Å². The number of allylic oxidation sites excluding steroid dienone is 3. The van der Waals surface area contributed by atoms with Crippen LogP contribution >= 0.6 is 0 Å². The van der Waals surface area contributed by atoms with Gasteiger partial charge in [0.2, 0.25) is 0 Å². The molecule has 0 aliphatic carbocycles. The van der Waals surface area contributed by atoms with E-state index in [0.717, 1.165) is 31.4 Å². The second kappa shape index (κ2) is 11.1. The first kappa shape index (κ1) is 20.7. The molecule has 1 nitrogen and oxygen atoms in total. The molecule has 0 heterocycles. The minimum Gasteiger partial charge on any atom is -0.489 e. The first-order valence-electron chi connectivity index (χ1n) is 10.4. The van der Waals surface area contributed by atoms with Gasteiger partial charge in [0.25, 0.3) is 0 Å². The highest BCUT2D eigenvalue weighted by molar-refractivity contribution is 5.64. The van der Waals surface area contributed by atoms with Gasteiger partial charge in [0, 0.05) is 0 Å². The van der Waals surface area contributed by atoms with E-state index >= 15 is 0 Å². The Kier molecular flexibility index (Phi) is 7.89. The van der Waals surface area contributed by atoms with Gasteiger partial charge in [-0.1, -0.05) is 78.9 Å². The van der Waals surface area contributed by atoms with E-state index in [0.29, 0.717) is 6.61 Å². The first-order chi connectivity index (χ1) is 14.3. The van der Waals surface area contributed by atoms with Gasteiger partial charge in [-0.25, -0.2) is 0 Å². The highest BCUT2D eigenvalue weighted by Crippen LogP contribution is 2.24. The number of benzene rings is 3. The van der Waals surface area contributed by atoms with E-state index in [4.69, 9.17) is 4.74 Å². The molecule has 29 heavy (non-hydrogen) atoms. The van der Waals surface area contributed by atoms with E-state index in [2.05, 4.69) is 86.3 Å². The summed E-state index contributed by atoms with van der Waals surface area (Å²) >= 11 is 0. The van der Waals surface area contributed by atoms with Crippen molar-refractivity contribution in [3.63, 3.8) is 0 Å². The van der Waals surface area contributed by atoms with Gasteiger partial charge in [-0.2, -0.15) is 0 Å². The third kappa shape index (κ3) is 6.50. The normalized spacial score (nSPS) is 10.9.